The van der Waals surface area contributed by atoms with E-state index in [-0.39, 0.29) is 11.3 Å². The molecule has 112 valence electrons. The SMILES string of the molecule is CN(C)C(=S)NC(=O)C12CC3C[C@@](C)(C1)C[C@](C)(C3)C2. The van der Waals surface area contributed by atoms with Crippen LogP contribution < -0.4 is 5.32 Å². The fraction of sp³-hybridized carbons (Fsp3) is 0.875. The lowest BCUT2D eigenvalue weighted by atomic mass is 9.40. The van der Waals surface area contributed by atoms with Crippen molar-refractivity contribution in [2.75, 3.05) is 14.1 Å². The summed E-state index contributed by atoms with van der Waals surface area (Å²) in [6, 6.07) is 0. The highest BCUT2D eigenvalue weighted by Gasteiger charge is 2.62. The van der Waals surface area contributed by atoms with Crippen molar-refractivity contribution < 1.29 is 4.79 Å². The van der Waals surface area contributed by atoms with Gasteiger partial charge in [0.1, 0.15) is 0 Å². The van der Waals surface area contributed by atoms with E-state index >= 15 is 0 Å². The maximum absolute atomic E-state index is 12.9. The minimum Gasteiger partial charge on any atom is -0.355 e. The van der Waals surface area contributed by atoms with Gasteiger partial charge < -0.3 is 10.2 Å². The summed E-state index contributed by atoms with van der Waals surface area (Å²) < 4.78 is 0. The zero-order valence-electron chi connectivity index (χ0n) is 13.1. The number of thiocarbonyl (C=S) groups is 1. The van der Waals surface area contributed by atoms with Gasteiger partial charge in [-0.3, -0.25) is 4.79 Å². The number of rotatable bonds is 1. The minimum absolute atomic E-state index is 0.164. The number of carbonyl (C=O) groups excluding carboxylic acids is 1. The van der Waals surface area contributed by atoms with Gasteiger partial charge in [-0.15, -0.1) is 0 Å². The van der Waals surface area contributed by atoms with Crippen LogP contribution in [0, 0.1) is 22.2 Å². The van der Waals surface area contributed by atoms with E-state index in [0.29, 0.717) is 15.9 Å². The molecule has 0 spiro atoms. The molecule has 0 aromatic rings. The molecule has 0 radical (unpaired) electrons. The molecule has 0 saturated heterocycles. The van der Waals surface area contributed by atoms with Crippen molar-refractivity contribution in [3.8, 4) is 0 Å². The second kappa shape index (κ2) is 4.19. The summed E-state index contributed by atoms with van der Waals surface area (Å²) in [5.74, 6) is 0.915. The highest BCUT2D eigenvalue weighted by molar-refractivity contribution is 7.80. The second-order valence-corrected chi connectivity index (χ2v) is 8.95. The summed E-state index contributed by atoms with van der Waals surface area (Å²) in [6.07, 6.45) is 7.09. The normalized spacial score (nSPS) is 45.3. The monoisotopic (exact) mass is 294 g/mol. The summed E-state index contributed by atoms with van der Waals surface area (Å²) in [5, 5.41) is 3.53. The zero-order chi connectivity index (χ0) is 14.8. The Morgan fingerprint density at radius 2 is 1.65 bits per heavy atom. The van der Waals surface area contributed by atoms with E-state index in [0.717, 1.165) is 25.2 Å². The maximum atomic E-state index is 12.9. The number of hydrogen-bond acceptors (Lipinski definition) is 2. The van der Waals surface area contributed by atoms with Crippen LogP contribution in [0.15, 0.2) is 0 Å². The molecule has 0 aliphatic heterocycles. The molecule has 4 fully saturated rings. The molecule has 0 aromatic heterocycles. The quantitative estimate of drug-likeness (QED) is 0.755. The van der Waals surface area contributed by atoms with Gasteiger partial charge in [-0.25, -0.2) is 0 Å². The highest BCUT2D eigenvalue weighted by Crippen LogP contribution is 2.69. The molecule has 4 heteroatoms. The van der Waals surface area contributed by atoms with Crippen LogP contribution in [0.4, 0.5) is 0 Å². The third-order valence-corrected chi connectivity index (χ3v) is 6.20. The Hall–Kier alpha value is -0.640. The van der Waals surface area contributed by atoms with Crippen molar-refractivity contribution >= 4 is 23.2 Å². The van der Waals surface area contributed by atoms with Crippen LogP contribution >= 0.6 is 12.2 Å². The summed E-state index contributed by atoms with van der Waals surface area (Å²) >= 11 is 5.26. The molecule has 3 nitrogen and oxygen atoms in total. The molecule has 4 saturated carbocycles. The van der Waals surface area contributed by atoms with E-state index in [9.17, 15) is 4.79 Å². The molecule has 4 atom stereocenters. The number of nitrogens with zero attached hydrogens (tertiary/aromatic N) is 1. The molecule has 4 aliphatic rings. The Bertz CT molecular complexity index is 455. The lowest BCUT2D eigenvalue weighted by Crippen LogP contribution is -2.60. The van der Waals surface area contributed by atoms with Crippen molar-refractivity contribution in [1.82, 2.24) is 10.2 Å². The summed E-state index contributed by atoms with van der Waals surface area (Å²) in [4.78, 5) is 14.7. The largest absolute Gasteiger partial charge is 0.355 e. The van der Waals surface area contributed by atoms with E-state index < -0.39 is 0 Å². The van der Waals surface area contributed by atoms with Gasteiger partial charge in [-0.05, 0) is 67.5 Å². The van der Waals surface area contributed by atoms with Gasteiger partial charge in [0.25, 0.3) is 0 Å². The molecule has 20 heavy (non-hydrogen) atoms. The first-order valence-electron chi connectivity index (χ1n) is 7.68. The van der Waals surface area contributed by atoms with E-state index in [1.807, 2.05) is 14.1 Å². The predicted molar refractivity (Wildman–Crippen MR) is 84.3 cm³/mol. The van der Waals surface area contributed by atoms with Crippen LogP contribution in [0.3, 0.4) is 0 Å². The van der Waals surface area contributed by atoms with E-state index in [4.69, 9.17) is 12.2 Å². The van der Waals surface area contributed by atoms with Gasteiger partial charge in [-0.1, -0.05) is 13.8 Å². The lowest BCUT2D eigenvalue weighted by molar-refractivity contribution is -0.168. The van der Waals surface area contributed by atoms with Gasteiger partial charge in [0.15, 0.2) is 5.11 Å². The molecular weight excluding hydrogens is 268 g/mol. The van der Waals surface area contributed by atoms with Crippen LogP contribution in [0.25, 0.3) is 0 Å². The third-order valence-electron chi connectivity index (χ3n) is 5.73. The van der Waals surface area contributed by atoms with Gasteiger partial charge in [0.2, 0.25) is 5.91 Å². The Balaban J connectivity index is 1.85. The fourth-order valence-electron chi connectivity index (χ4n) is 6.04. The van der Waals surface area contributed by atoms with Crippen LogP contribution in [0.5, 0.6) is 0 Å². The predicted octanol–water partition coefficient (Wildman–Crippen LogP) is 2.95. The van der Waals surface area contributed by atoms with Crippen molar-refractivity contribution in [3.05, 3.63) is 0 Å². The minimum atomic E-state index is -0.164. The Labute approximate surface area is 127 Å². The molecule has 2 unspecified atom stereocenters. The average Bonchev–Trinajstić information content (AvgIpc) is 2.23. The molecule has 1 amide bonds. The van der Waals surface area contributed by atoms with Crippen LogP contribution in [-0.2, 0) is 4.79 Å². The Morgan fingerprint density at radius 1 is 1.10 bits per heavy atom. The van der Waals surface area contributed by atoms with Crippen LogP contribution in [-0.4, -0.2) is 30.0 Å². The first kappa shape index (κ1) is 14.3. The molecule has 1 N–H and O–H groups in total. The number of carbonyl (C=O) groups is 1. The summed E-state index contributed by atoms with van der Waals surface area (Å²) in [6.45, 7) is 4.78. The van der Waals surface area contributed by atoms with Crippen molar-refractivity contribution in [1.29, 1.82) is 0 Å². The second-order valence-electron chi connectivity index (χ2n) is 8.56. The van der Waals surface area contributed by atoms with Crippen LogP contribution in [0.2, 0.25) is 0 Å². The van der Waals surface area contributed by atoms with E-state index in [2.05, 4.69) is 19.2 Å². The Kier molecular flexibility index (Phi) is 2.99. The Morgan fingerprint density at radius 3 is 2.10 bits per heavy atom. The van der Waals surface area contributed by atoms with Gasteiger partial charge in [-0.2, -0.15) is 0 Å². The molecular formula is C16H26N2OS. The van der Waals surface area contributed by atoms with Gasteiger partial charge >= 0.3 is 0 Å². The highest BCUT2D eigenvalue weighted by atomic mass is 32.1. The summed E-state index contributed by atoms with van der Waals surface area (Å²) in [5.41, 5.74) is 0.569. The van der Waals surface area contributed by atoms with Gasteiger partial charge in [0.05, 0.1) is 5.41 Å². The van der Waals surface area contributed by atoms with Crippen molar-refractivity contribution in [3.63, 3.8) is 0 Å². The molecule has 4 aliphatic carbocycles. The number of hydrogen-bond donors (Lipinski definition) is 1. The zero-order valence-corrected chi connectivity index (χ0v) is 13.9. The molecule has 4 bridgehead atoms. The summed E-state index contributed by atoms with van der Waals surface area (Å²) in [7, 11) is 3.76. The maximum Gasteiger partial charge on any atom is 0.232 e. The number of nitrogens with one attached hydrogen (secondary N) is 1. The molecule has 0 heterocycles. The first-order chi connectivity index (χ1) is 9.15. The third kappa shape index (κ3) is 2.16. The van der Waals surface area contributed by atoms with E-state index in [1.54, 1.807) is 4.90 Å². The van der Waals surface area contributed by atoms with Crippen molar-refractivity contribution in [2.45, 2.75) is 52.4 Å². The smallest absolute Gasteiger partial charge is 0.232 e. The molecule has 4 rings (SSSR count). The lowest BCUT2D eigenvalue weighted by Gasteiger charge is -2.64. The van der Waals surface area contributed by atoms with Crippen LogP contribution in [0.1, 0.15) is 52.4 Å². The number of amides is 1. The first-order valence-corrected chi connectivity index (χ1v) is 8.09. The molecule has 0 aromatic carbocycles. The van der Waals surface area contributed by atoms with E-state index in [1.165, 1.54) is 19.3 Å². The average molecular weight is 294 g/mol. The fourth-order valence-corrected chi connectivity index (χ4v) is 6.14. The van der Waals surface area contributed by atoms with Crippen molar-refractivity contribution in [2.24, 2.45) is 22.2 Å². The standard InChI is InChI=1S/C16H26N2OS/c1-14-5-11-6-15(2,8-14)10-16(7-11,9-14)12(19)17-13(20)18(3)4/h11H,5-10H2,1-4H3,(H,17,19,20)/t11?,14-,15+,16?. The van der Waals surface area contributed by atoms with Gasteiger partial charge in [0, 0.05) is 14.1 Å². The topological polar surface area (TPSA) is 32.3 Å².